The number of nitrogens with one attached hydrogen (secondary N) is 1. The number of benzene rings is 1. The lowest BCUT2D eigenvalue weighted by Crippen LogP contribution is -2.11. The van der Waals surface area contributed by atoms with Gasteiger partial charge in [-0.2, -0.15) is 26.3 Å². The van der Waals surface area contributed by atoms with Crippen LogP contribution in [0.2, 0.25) is 0 Å². The van der Waals surface area contributed by atoms with Crippen LogP contribution in [0.4, 0.5) is 32.0 Å². The molecule has 0 radical (unpaired) electrons. The van der Waals surface area contributed by atoms with Crippen LogP contribution < -0.4 is 5.32 Å². The third kappa shape index (κ3) is 5.43. The van der Waals surface area contributed by atoms with Gasteiger partial charge in [0, 0.05) is 18.5 Å². The van der Waals surface area contributed by atoms with Crippen LogP contribution in [0.5, 0.6) is 0 Å². The molecule has 0 spiro atoms. The van der Waals surface area contributed by atoms with Crippen molar-refractivity contribution in [3.63, 3.8) is 0 Å². The average molecular weight is 348 g/mol. The van der Waals surface area contributed by atoms with Crippen molar-refractivity contribution in [2.45, 2.75) is 25.2 Å². The summed E-state index contributed by atoms with van der Waals surface area (Å²) in [6.07, 6.45) is -8.05. The molecular weight excluding hydrogens is 334 g/mol. The lowest BCUT2D eigenvalue weighted by molar-refractivity contribution is -0.137. The summed E-state index contributed by atoms with van der Waals surface area (Å²) in [6, 6.07) is 7.80. The molecule has 24 heavy (non-hydrogen) atoms. The summed E-state index contributed by atoms with van der Waals surface area (Å²) in [6.45, 7) is 0.154. The van der Waals surface area contributed by atoms with E-state index >= 15 is 0 Å². The van der Waals surface area contributed by atoms with Crippen LogP contribution in [0.25, 0.3) is 11.3 Å². The first-order chi connectivity index (χ1) is 11.1. The Hall–Kier alpha value is -2.25. The average Bonchev–Trinajstić information content (AvgIpc) is 2.51. The summed E-state index contributed by atoms with van der Waals surface area (Å²) in [4.78, 5) is 4.10. The van der Waals surface area contributed by atoms with E-state index in [1.807, 2.05) is 0 Å². The fourth-order valence-electron chi connectivity index (χ4n) is 2.02. The van der Waals surface area contributed by atoms with Gasteiger partial charge in [-0.3, -0.25) is 4.98 Å². The van der Waals surface area contributed by atoms with Gasteiger partial charge >= 0.3 is 12.4 Å². The zero-order valence-electron chi connectivity index (χ0n) is 12.4. The Kier molecular flexibility index (Phi) is 5.36. The van der Waals surface area contributed by atoms with Gasteiger partial charge in [-0.15, -0.1) is 0 Å². The number of nitrogens with zero attached hydrogens (tertiary/aromatic N) is 1. The second-order valence-electron chi connectivity index (χ2n) is 5.15. The zero-order chi connectivity index (χ0) is 17.8. The van der Waals surface area contributed by atoms with Gasteiger partial charge in [0.15, 0.2) is 0 Å². The molecule has 1 heterocycles. The van der Waals surface area contributed by atoms with E-state index in [2.05, 4.69) is 10.3 Å². The van der Waals surface area contributed by atoms with Gasteiger partial charge in [-0.1, -0.05) is 12.1 Å². The van der Waals surface area contributed by atoms with Crippen LogP contribution in [0.15, 0.2) is 42.6 Å². The van der Waals surface area contributed by atoms with Crippen molar-refractivity contribution < 1.29 is 26.3 Å². The van der Waals surface area contributed by atoms with Crippen molar-refractivity contribution in [1.29, 1.82) is 0 Å². The molecule has 0 saturated carbocycles. The van der Waals surface area contributed by atoms with Gasteiger partial charge in [0.2, 0.25) is 0 Å². The fourth-order valence-corrected chi connectivity index (χ4v) is 2.02. The number of anilines is 1. The number of hydrogen-bond donors (Lipinski definition) is 1. The molecule has 0 aliphatic rings. The summed E-state index contributed by atoms with van der Waals surface area (Å²) >= 11 is 0. The lowest BCUT2D eigenvalue weighted by Gasteiger charge is -2.09. The highest BCUT2D eigenvalue weighted by atomic mass is 19.4. The van der Waals surface area contributed by atoms with Crippen LogP contribution in [-0.2, 0) is 6.18 Å². The van der Waals surface area contributed by atoms with Crippen LogP contribution in [0, 0.1) is 0 Å². The maximum absolute atomic E-state index is 12.5. The standard InChI is InChI=1S/C16H14F6N2/c17-15(18,19)8-1-9-23-13-6-7-14(24-10-13)11-2-4-12(5-3-11)16(20,21)22/h2-7,10,23H,1,8-9H2. The monoisotopic (exact) mass is 348 g/mol. The molecular formula is C16H14F6N2. The van der Waals surface area contributed by atoms with Gasteiger partial charge in [0.05, 0.1) is 23.1 Å². The van der Waals surface area contributed by atoms with E-state index < -0.39 is 24.3 Å². The SMILES string of the molecule is FC(F)(F)CCCNc1ccc(-c2ccc(C(F)(F)F)cc2)nc1. The molecule has 0 fully saturated rings. The highest BCUT2D eigenvalue weighted by molar-refractivity contribution is 5.61. The number of rotatable bonds is 5. The summed E-state index contributed by atoms with van der Waals surface area (Å²) < 4.78 is 73.5. The van der Waals surface area contributed by atoms with Crippen LogP contribution in [0.1, 0.15) is 18.4 Å². The third-order valence-corrected chi connectivity index (χ3v) is 3.24. The molecule has 0 unspecified atom stereocenters. The minimum absolute atomic E-state index is 0.0514. The van der Waals surface area contributed by atoms with Crippen molar-refractivity contribution in [2.24, 2.45) is 0 Å². The largest absolute Gasteiger partial charge is 0.416 e. The van der Waals surface area contributed by atoms with Crippen LogP contribution >= 0.6 is 0 Å². The van der Waals surface area contributed by atoms with Crippen molar-refractivity contribution >= 4 is 5.69 Å². The third-order valence-electron chi connectivity index (χ3n) is 3.24. The normalized spacial score (nSPS) is 12.2. The Labute approximate surface area is 134 Å². The van der Waals surface area contributed by atoms with Gasteiger partial charge in [-0.05, 0) is 30.7 Å². The Balaban J connectivity index is 1.94. The number of pyridine rings is 1. The molecule has 8 heteroatoms. The quantitative estimate of drug-likeness (QED) is 0.568. The first-order valence-electron chi connectivity index (χ1n) is 7.09. The molecule has 2 rings (SSSR count). The summed E-state index contributed by atoms with van der Waals surface area (Å²) in [5.74, 6) is 0. The van der Waals surface area contributed by atoms with Gasteiger partial charge in [-0.25, -0.2) is 0 Å². The first-order valence-corrected chi connectivity index (χ1v) is 7.09. The molecule has 2 nitrogen and oxygen atoms in total. The fraction of sp³-hybridized carbons (Fsp3) is 0.312. The Bertz CT molecular complexity index is 644. The number of aromatic nitrogens is 1. The Morgan fingerprint density at radius 2 is 1.54 bits per heavy atom. The van der Waals surface area contributed by atoms with Gasteiger partial charge < -0.3 is 5.32 Å². The van der Waals surface area contributed by atoms with Crippen molar-refractivity contribution in [2.75, 3.05) is 11.9 Å². The number of alkyl halides is 6. The van der Waals surface area contributed by atoms with E-state index in [1.54, 1.807) is 12.1 Å². The topological polar surface area (TPSA) is 24.9 Å². The Morgan fingerprint density at radius 1 is 0.875 bits per heavy atom. The molecule has 0 amide bonds. The molecule has 0 aliphatic heterocycles. The molecule has 1 N–H and O–H groups in total. The van der Waals surface area contributed by atoms with Crippen LogP contribution in [-0.4, -0.2) is 17.7 Å². The predicted molar refractivity (Wildman–Crippen MR) is 78.5 cm³/mol. The van der Waals surface area contributed by atoms with E-state index in [1.165, 1.54) is 18.3 Å². The summed E-state index contributed by atoms with van der Waals surface area (Å²) in [5.41, 5.74) is 0.804. The number of halogens is 6. The van der Waals surface area contributed by atoms with Crippen molar-refractivity contribution in [3.05, 3.63) is 48.2 Å². The molecule has 0 atom stereocenters. The second kappa shape index (κ2) is 7.11. The highest BCUT2D eigenvalue weighted by Gasteiger charge is 2.30. The van der Waals surface area contributed by atoms with E-state index in [-0.39, 0.29) is 13.0 Å². The smallest absolute Gasteiger partial charge is 0.384 e. The van der Waals surface area contributed by atoms with E-state index in [4.69, 9.17) is 0 Å². The van der Waals surface area contributed by atoms with Gasteiger partial charge in [0.1, 0.15) is 0 Å². The van der Waals surface area contributed by atoms with Gasteiger partial charge in [0.25, 0.3) is 0 Å². The molecule has 0 aliphatic carbocycles. The van der Waals surface area contributed by atoms with E-state index in [0.29, 0.717) is 16.9 Å². The van der Waals surface area contributed by atoms with Crippen molar-refractivity contribution in [3.8, 4) is 11.3 Å². The maximum Gasteiger partial charge on any atom is 0.416 e. The lowest BCUT2D eigenvalue weighted by atomic mass is 10.1. The molecule has 2 aromatic rings. The highest BCUT2D eigenvalue weighted by Crippen LogP contribution is 2.30. The minimum atomic E-state index is -4.39. The maximum atomic E-state index is 12.5. The van der Waals surface area contributed by atoms with Crippen molar-refractivity contribution in [1.82, 2.24) is 4.98 Å². The minimum Gasteiger partial charge on any atom is -0.384 e. The van der Waals surface area contributed by atoms with E-state index in [9.17, 15) is 26.3 Å². The summed E-state index contributed by atoms with van der Waals surface area (Å²) in [5, 5.41) is 2.81. The molecule has 0 saturated heterocycles. The Morgan fingerprint density at radius 3 is 2.04 bits per heavy atom. The number of hydrogen-bond acceptors (Lipinski definition) is 2. The first kappa shape index (κ1) is 18.1. The second-order valence-corrected chi connectivity index (χ2v) is 5.15. The zero-order valence-corrected chi connectivity index (χ0v) is 12.4. The molecule has 130 valence electrons. The molecule has 1 aromatic carbocycles. The summed E-state index contributed by atoms with van der Waals surface area (Å²) in [7, 11) is 0. The van der Waals surface area contributed by atoms with Crippen LogP contribution in [0.3, 0.4) is 0 Å². The molecule has 0 bridgehead atoms. The molecule has 1 aromatic heterocycles. The van der Waals surface area contributed by atoms with E-state index in [0.717, 1.165) is 12.1 Å². The predicted octanol–water partition coefficient (Wildman–Crippen LogP) is 5.52.